The number of aromatic amines is 1. The van der Waals surface area contributed by atoms with E-state index in [9.17, 15) is 9.18 Å². The molecule has 3 heterocycles. The topological polar surface area (TPSA) is 70.2 Å². The molecule has 1 saturated heterocycles. The fourth-order valence-electron chi connectivity index (χ4n) is 4.08. The molecule has 0 radical (unpaired) electrons. The monoisotopic (exact) mass is 424 g/mol. The molecule has 1 aliphatic heterocycles. The average Bonchev–Trinajstić information content (AvgIpc) is 3.16. The highest BCUT2D eigenvalue weighted by atomic mass is 19.1. The molecule has 0 atom stereocenters. The maximum absolute atomic E-state index is 13.9. The van der Waals surface area contributed by atoms with Gasteiger partial charge in [0, 0.05) is 43.2 Å². The minimum atomic E-state index is -0.265. The van der Waals surface area contributed by atoms with Gasteiger partial charge in [-0.25, -0.2) is 4.39 Å². The molecule has 6 nitrogen and oxygen atoms in total. The lowest BCUT2D eigenvalue weighted by Gasteiger charge is -2.26. The third kappa shape index (κ3) is 5.68. The summed E-state index contributed by atoms with van der Waals surface area (Å²) in [7, 11) is 0. The second-order valence-corrected chi connectivity index (χ2v) is 7.89. The molecule has 2 aromatic heterocycles. The van der Waals surface area contributed by atoms with E-state index in [2.05, 4.69) is 20.2 Å². The molecule has 31 heavy (non-hydrogen) atoms. The van der Waals surface area contributed by atoms with E-state index < -0.39 is 0 Å². The summed E-state index contributed by atoms with van der Waals surface area (Å²) in [4.78, 5) is 22.5. The van der Waals surface area contributed by atoms with Gasteiger partial charge >= 0.3 is 0 Å². The second kappa shape index (κ2) is 10.5. The fraction of sp³-hybridized carbons (Fsp3) is 0.417. The maximum Gasteiger partial charge on any atom is 0.220 e. The number of hydrogen-bond acceptors (Lipinski definition) is 4. The molecule has 3 aromatic rings. The van der Waals surface area contributed by atoms with E-state index in [4.69, 9.17) is 4.74 Å². The fourth-order valence-corrected chi connectivity index (χ4v) is 4.08. The van der Waals surface area contributed by atoms with Crippen molar-refractivity contribution >= 4 is 16.8 Å². The van der Waals surface area contributed by atoms with E-state index in [1.807, 2.05) is 18.2 Å². The van der Waals surface area contributed by atoms with Gasteiger partial charge in [0.05, 0.1) is 24.6 Å². The van der Waals surface area contributed by atoms with Crippen molar-refractivity contribution in [3.8, 4) is 11.4 Å². The standard InChI is InChI=1S/C24H29FN4O2/c25-18-8-9-21-20(17-18)19(24(28-21)22-6-1-2-10-26-22)5-3-7-23(30)27-11-4-12-29-13-15-31-16-14-29/h1-2,6,8-10,17,28H,3-5,7,11-16H2,(H,27,30). The molecule has 1 amide bonds. The molecule has 164 valence electrons. The number of benzene rings is 1. The number of nitrogens with one attached hydrogen (secondary N) is 2. The molecule has 7 heteroatoms. The molecule has 0 bridgehead atoms. The zero-order chi connectivity index (χ0) is 21.5. The van der Waals surface area contributed by atoms with Gasteiger partial charge in [-0.05, 0) is 61.7 Å². The number of amides is 1. The maximum atomic E-state index is 13.9. The van der Waals surface area contributed by atoms with Gasteiger partial charge in [0.25, 0.3) is 0 Å². The van der Waals surface area contributed by atoms with Crippen molar-refractivity contribution in [1.82, 2.24) is 20.2 Å². The van der Waals surface area contributed by atoms with Gasteiger partial charge < -0.3 is 15.0 Å². The molecule has 1 aromatic carbocycles. The van der Waals surface area contributed by atoms with Gasteiger partial charge in [-0.1, -0.05) is 6.07 Å². The summed E-state index contributed by atoms with van der Waals surface area (Å²) < 4.78 is 19.2. The molecular formula is C24H29FN4O2. The third-order valence-electron chi connectivity index (χ3n) is 5.70. The summed E-state index contributed by atoms with van der Waals surface area (Å²) in [5.74, 6) is -0.203. The number of aryl methyl sites for hydroxylation is 1. The Hall–Kier alpha value is -2.77. The molecule has 4 rings (SSSR count). The number of rotatable bonds is 9. The van der Waals surface area contributed by atoms with Crippen LogP contribution in [0.4, 0.5) is 4.39 Å². The van der Waals surface area contributed by atoms with Gasteiger partial charge in [0.1, 0.15) is 5.82 Å². The molecule has 1 fully saturated rings. The lowest BCUT2D eigenvalue weighted by molar-refractivity contribution is -0.121. The quantitative estimate of drug-likeness (QED) is 0.516. The second-order valence-electron chi connectivity index (χ2n) is 7.89. The van der Waals surface area contributed by atoms with E-state index >= 15 is 0 Å². The third-order valence-corrected chi connectivity index (χ3v) is 5.70. The Kier molecular flexibility index (Phi) is 7.27. The minimum Gasteiger partial charge on any atom is -0.379 e. The van der Waals surface area contributed by atoms with Crippen molar-refractivity contribution in [3.05, 3.63) is 54.0 Å². The van der Waals surface area contributed by atoms with Crippen LogP contribution >= 0.6 is 0 Å². The zero-order valence-corrected chi connectivity index (χ0v) is 17.7. The first kappa shape index (κ1) is 21.5. The number of morpholine rings is 1. The van der Waals surface area contributed by atoms with Crippen molar-refractivity contribution < 1.29 is 13.9 Å². The number of carbonyl (C=O) groups is 1. The number of ether oxygens (including phenoxy) is 1. The van der Waals surface area contributed by atoms with Gasteiger partial charge in [-0.3, -0.25) is 14.7 Å². The number of nitrogens with zero attached hydrogens (tertiary/aromatic N) is 2. The Morgan fingerprint density at radius 3 is 2.87 bits per heavy atom. The first-order valence-electron chi connectivity index (χ1n) is 11.0. The van der Waals surface area contributed by atoms with E-state index in [-0.39, 0.29) is 11.7 Å². The average molecular weight is 425 g/mol. The highest BCUT2D eigenvalue weighted by Gasteiger charge is 2.15. The van der Waals surface area contributed by atoms with Crippen LogP contribution in [0.5, 0.6) is 0 Å². The van der Waals surface area contributed by atoms with E-state index in [1.165, 1.54) is 6.07 Å². The molecule has 0 unspecified atom stereocenters. The van der Waals surface area contributed by atoms with E-state index in [0.29, 0.717) is 25.8 Å². The number of H-pyrrole nitrogens is 1. The van der Waals surface area contributed by atoms with Crippen molar-refractivity contribution in [2.45, 2.75) is 25.7 Å². The van der Waals surface area contributed by atoms with Crippen LogP contribution in [0, 0.1) is 5.82 Å². The van der Waals surface area contributed by atoms with Gasteiger partial charge in [0.15, 0.2) is 0 Å². The van der Waals surface area contributed by atoms with Crippen molar-refractivity contribution in [2.24, 2.45) is 0 Å². The van der Waals surface area contributed by atoms with E-state index in [0.717, 1.165) is 67.1 Å². The van der Waals surface area contributed by atoms with Crippen LogP contribution < -0.4 is 5.32 Å². The zero-order valence-electron chi connectivity index (χ0n) is 17.7. The predicted molar refractivity (Wildman–Crippen MR) is 119 cm³/mol. The predicted octanol–water partition coefficient (Wildman–Crippen LogP) is 3.53. The first-order chi connectivity index (χ1) is 15.2. The van der Waals surface area contributed by atoms with Gasteiger partial charge in [0.2, 0.25) is 5.91 Å². The Bertz CT molecular complexity index is 999. The summed E-state index contributed by atoms with van der Waals surface area (Å²) >= 11 is 0. The Morgan fingerprint density at radius 2 is 2.06 bits per heavy atom. The van der Waals surface area contributed by atoms with Crippen LogP contribution in [-0.2, 0) is 16.0 Å². The van der Waals surface area contributed by atoms with Crippen LogP contribution in [0.25, 0.3) is 22.3 Å². The van der Waals surface area contributed by atoms with Crippen LogP contribution in [0.1, 0.15) is 24.8 Å². The molecule has 0 aliphatic carbocycles. The normalized spacial score (nSPS) is 14.7. The number of carbonyl (C=O) groups excluding carboxylic acids is 1. The highest BCUT2D eigenvalue weighted by Crippen LogP contribution is 2.31. The Morgan fingerprint density at radius 1 is 1.19 bits per heavy atom. The highest BCUT2D eigenvalue weighted by molar-refractivity contribution is 5.90. The van der Waals surface area contributed by atoms with Gasteiger partial charge in [-0.15, -0.1) is 0 Å². The number of aromatic nitrogens is 2. The Labute approximate surface area is 181 Å². The summed E-state index contributed by atoms with van der Waals surface area (Å²) in [6, 6.07) is 10.5. The van der Waals surface area contributed by atoms with Crippen LogP contribution in [0.2, 0.25) is 0 Å². The summed E-state index contributed by atoms with van der Waals surface area (Å²) in [5, 5.41) is 3.87. The van der Waals surface area contributed by atoms with Gasteiger partial charge in [-0.2, -0.15) is 0 Å². The van der Waals surface area contributed by atoms with E-state index in [1.54, 1.807) is 18.3 Å². The van der Waals surface area contributed by atoms with Crippen molar-refractivity contribution in [1.29, 1.82) is 0 Å². The van der Waals surface area contributed by atoms with Crippen LogP contribution in [0.15, 0.2) is 42.6 Å². The molecular weight excluding hydrogens is 395 g/mol. The molecule has 0 saturated carbocycles. The SMILES string of the molecule is O=C(CCCc1c(-c2ccccn2)[nH]c2ccc(F)cc12)NCCCN1CCOCC1. The lowest BCUT2D eigenvalue weighted by atomic mass is 10.0. The molecule has 1 aliphatic rings. The summed E-state index contributed by atoms with van der Waals surface area (Å²) in [6.07, 6.45) is 4.50. The number of halogens is 1. The van der Waals surface area contributed by atoms with Crippen molar-refractivity contribution in [3.63, 3.8) is 0 Å². The molecule has 2 N–H and O–H groups in total. The van der Waals surface area contributed by atoms with Crippen LogP contribution in [-0.4, -0.2) is 60.2 Å². The first-order valence-corrected chi connectivity index (χ1v) is 11.0. The van der Waals surface area contributed by atoms with Crippen molar-refractivity contribution in [2.75, 3.05) is 39.4 Å². The lowest BCUT2D eigenvalue weighted by Crippen LogP contribution is -2.38. The summed E-state index contributed by atoms with van der Waals surface area (Å²) in [5.41, 5.74) is 3.60. The number of hydrogen-bond donors (Lipinski definition) is 2. The summed E-state index contributed by atoms with van der Waals surface area (Å²) in [6.45, 7) is 5.20. The number of fused-ring (bicyclic) bond motifs is 1. The van der Waals surface area contributed by atoms with Crippen LogP contribution in [0.3, 0.4) is 0 Å². The minimum absolute atomic E-state index is 0.0624. The smallest absolute Gasteiger partial charge is 0.220 e. The molecule has 0 spiro atoms. The Balaban J connectivity index is 1.32. The number of pyridine rings is 1. The largest absolute Gasteiger partial charge is 0.379 e.